The summed E-state index contributed by atoms with van der Waals surface area (Å²) in [5.74, 6) is 0.522. The molecule has 0 fully saturated rings. The molecule has 0 amide bonds. The van der Waals surface area contributed by atoms with Crippen molar-refractivity contribution in [3.8, 4) is 11.3 Å². The van der Waals surface area contributed by atoms with E-state index in [4.69, 9.17) is 16.1 Å². The summed E-state index contributed by atoms with van der Waals surface area (Å²) in [6.07, 6.45) is 0. The molecule has 90 valence electrons. The summed E-state index contributed by atoms with van der Waals surface area (Å²) in [6.45, 7) is 5.84. The van der Waals surface area contributed by atoms with Gasteiger partial charge in [0, 0.05) is 5.56 Å². The van der Waals surface area contributed by atoms with Gasteiger partial charge in [0.25, 0.3) is 0 Å². The minimum absolute atomic E-state index is 0.201. The lowest BCUT2D eigenvalue weighted by Gasteiger charge is -2.08. The maximum atomic E-state index is 13.8. The molecular weight excluding hydrogens is 241 g/mol. The molecule has 0 saturated carbocycles. The highest BCUT2D eigenvalue weighted by atomic mass is 35.5. The van der Waals surface area contributed by atoms with Gasteiger partial charge in [-0.05, 0) is 25.0 Å². The lowest BCUT2D eigenvalue weighted by Crippen LogP contribution is -1.94. The molecule has 0 N–H and O–H groups in total. The average Bonchev–Trinajstić information content (AvgIpc) is 2.60. The third kappa shape index (κ3) is 2.07. The summed E-state index contributed by atoms with van der Waals surface area (Å²) in [4.78, 5) is 0. The Morgan fingerprint density at radius 3 is 2.65 bits per heavy atom. The maximum Gasteiger partial charge on any atom is 0.137 e. The molecule has 2 rings (SSSR count). The predicted octanol–water partition coefficient (Wildman–Crippen LogP) is 4.57. The van der Waals surface area contributed by atoms with Gasteiger partial charge in [-0.25, -0.2) is 4.39 Å². The van der Waals surface area contributed by atoms with E-state index in [9.17, 15) is 4.39 Å². The Morgan fingerprint density at radius 1 is 1.35 bits per heavy atom. The molecule has 0 bridgehead atoms. The van der Waals surface area contributed by atoms with Gasteiger partial charge < -0.3 is 4.52 Å². The molecule has 2 nitrogen and oxygen atoms in total. The minimum Gasteiger partial charge on any atom is -0.361 e. The highest BCUT2D eigenvalue weighted by Gasteiger charge is 2.21. The van der Waals surface area contributed by atoms with Crippen LogP contribution in [0.2, 0.25) is 5.02 Å². The SMILES string of the molecule is Cc1onc(-c2c(F)cccc2Cl)c1C(C)C. The van der Waals surface area contributed by atoms with Crippen LogP contribution < -0.4 is 0 Å². The van der Waals surface area contributed by atoms with Crippen molar-refractivity contribution >= 4 is 11.6 Å². The van der Waals surface area contributed by atoms with Crippen LogP contribution >= 0.6 is 11.6 Å². The zero-order chi connectivity index (χ0) is 12.6. The van der Waals surface area contributed by atoms with Crippen molar-refractivity contribution in [2.24, 2.45) is 0 Å². The summed E-state index contributed by atoms with van der Waals surface area (Å²) in [5, 5.41) is 4.28. The summed E-state index contributed by atoms with van der Waals surface area (Å²) < 4.78 is 19.0. The topological polar surface area (TPSA) is 26.0 Å². The molecule has 17 heavy (non-hydrogen) atoms. The second-order valence-electron chi connectivity index (χ2n) is 4.25. The first-order valence-electron chi connectivity index (χ1n) is 5.43. The van der Waals surface area contributed by atoms with Gasteiger partial charge in [-0.2, -0.15) is 0 Å². The normalized spacial score (nSPS) is 11.2. The minimum atomic E-state index is -0.382. The van der Waals surface area contributed by atoms with Crippen LogP contribution in [0.25, 0.3) is 11.3 Å². The lowest BCUT2D eigenvalue weighted by atomic mass is 9.97. The van der Waals surface area contributed by atoms with Gasteiger partial charge in [0.15, 0.2) is 0 Å². The van der Waals surface area contributed by atoms with E-state index >= 15 is 0 Å². The van der Waals surface area contributed by atoms with Gasteiger partial charge in [0.1, 0.15) is 17.3 Å². The van der Waals surface area contributed by atoms with Gasteiger partial charge in [-0.1, -0.05) is 36.7 Å². The van der Waals surface area contributed by atoms with E-state index in [2.05, 4.69) is 5.16 Å². The van der Waals surface area contributed by atoms with E-state index in [1.54, 1.807) is 12.1 Å². The number of nitrogens with zero attached hydrogens (tertiary/aromatic N) is 1. The van der Waals surface area contributed by atoms with E-state index in [0.717, 1.165) is 5.56 Å². The largest absolute Gasteiger partial charge is 0.361 e. The van der Waals surface area contributed by atoms with E-state index in [1.165, 1.54) is 6.07 Å². The van der Waals surface area contributed by atoms with E-state index in [-0.39, 0.29) is 11.7 Å². The number of hydrogen-bond donors (Lipinski definition) is 0. The molecule has 0 spiro atoms. The van der Waals surface area contributed by atoms with Crippen molar-refractivity contribution in [2.75, 3.05) is 0 Å². The quantitative estimate of drug-likeness (QED) is 0.784. The molecule has 1 aromatic carbocycles. The zero-order valence-electron chi connectivity index (χ0n) is 9.92. The van der Waals surface area contributed by atoms with Crippen molar-refractivity contribution in [3.63, 3.8) is 0 Å². The number of benzene rings is 1. The van der Waals surface area contributed by atoms with Gasteiger partial charge >= 0.3 is 0 Å². The molecule has 4 heteroatoms. The van der Waals surface area contributed by atoms with Crippen LogP contribution in [0, 0.1) is 12.7 Å². The number of aryl methyl sites for hydroxylation is 1. The van der Waals surface area contributed by atoms with Gasteiger partial charge in [0.2, 0.25) is 0 Å². The Balaban J connectivity index is 2.69. The van der Waals surface area contributed by atoms with Crippen LogP contribution in [-0.2, 0) is 0 Å². The van der Waals surface area contributed by atoms with E-state index in [0.29, 0.717) is 22.0 Å². The van der Waals surface area contributed by atoms with Crippen LogP contribution in [0.3, 0.4) is 0 Å². The van der Waals surface area contributed by atoms with Crippen LogP contribution in [0.4, 0.5) is 4.39 Å². The second-order valence-corrected chi connectivity index (χ2v) is 4.66. The predicted molar refractivity (Wildman–Crippen MR) is 65.7 cm³/mol. The number of halogens is 2. The molecule has 1 heterocycles. The van der Waals surface area contributed by atoms with Gasteiger partial charge in [-0.3, -0.25) is 0 Å². The van der Waals surface area contributed by atoms with Crippen molar-refractivity contribution in [1.29, 1.82) is 0 Å². The van der Waals surface area contributed by atoms with Gasteiger partial charge in [0.05, 0.1) is 10.6 Å². The Kier molecular flexibility index (Phi) is 3.20. The average molecular weight is 254 g/mol. The van der Waals surface area contributed by atoms with Crippen LogP contribution in [0.15, 0.2) is 22.7 Å². The second kappa shape index (κ2) is 4.49. The molecular formula is C13H13ClFNO. The van der Waals surface area contributed by atoms with Gasteiger partial charge in [-0.15, -0.1) is 0 Å². The Labute approximate surface area is 104 Å². The number of aromatic nitrogens is 1. The highest BCUT2D eigenvalue weighted by molar-refractivity contribution is 6.33. The maximum absolute atomic E-state index is 13.8. The van der Waals surface area contributed by atoms with Crippen molar-refractivity contribution in [2.45, 2.75) is 26.7 Å². The first-order valence-corrected chi connectivity index (χ1v) is 5.80. The molecule has 0 aliphatic rings. The standard InChI is InChI=1S/C13H13ClFNO/c1-7(2)11-8(3)17-16-13(11)12-9(14)5-4-6-10(12)15/h4-7H,1-3H3. The fourth-order valence-electron chi connectivity index (χ4n) is 1.96. The molecule has 0 unspecified atom stereocenters. The zero-order valence-corrected chi connectivity index (χ0v) is 10.7. The Bertz CT molecular complexity index is 528. The fraction of sp³-hybridized carbons (Fsp3) is 0.308. The number of hydrogen-bond acceptors (Lipinski definition) is 2. The summed E-state index contributed by atoms with van der Waals surface area (Å²) >= 11 is 6.03. The molecule has 0 saturated heterocycles. The van der Waals surface area contributed by atoms with Crippen molar-refractivity contribution < 1.29 is 8.91 Å². The molecule has 0 atom stereocenters. The Hall–Kier alpha value is -1.35. The smallest absolute Gasteiger partial charge is 0.137 e. The third-order valence-electron chi connectivity index (χ3n) is 2.69. The number of rotatable bonds is 2. The first kappa shape index (κ1) is 12.1. The summed E-state index contributed by atoms with van der Waals surface area (Å²) in [5.41, 5.74) is 1.72. The molecule has 0 aliphatic carbocycles. The Morgan fingerprint density at radius 2 is 2.06 bits per heavy atom. The van der Waals surface area contributed by atoms with Crippen molar-refractivity contribution in [1.82, 2.24) is 5.16 Å². The third-order valence-corrected chi connectivity index (χ3v) is 3.00. The monoisotopic (exact) mass is 253 g/mol. The molecule has 0 aliphatic heterocycles. The van der Waals surface area contributed by atoms with E-state index < -0.39 is 0 Å². The molecule has 1 aromatic heterocycles. The van der Waals surface area contributed by atoms with Crippen molar-refractivity contribution in [3.05, 3.63) is 40.4 Å². The highest BCUT2D eigenvalue weighted by Crippen LogP contribution is 2.36. The fourth-order valence-corrected chi connectivity index (χ4v) is 2.22. The molecule has 2 aromatic rings. The summed E-state index contributed by atoms with van der Waals surface area (Å²) in [7, 11) is 0. The van der Waals surface area contributed by atoms with Crippen LogP contribution in [0.5, 0.6) is 0 Å². The van der Waals surface area contributed by atoms with Crippen LogP contribution in [-0.4, -0.2) is 5.16 Å². The lowest BCUT2D eigenvalue weighted by molar-refractivity contribution is 0.397. The molecule has 0 radical (unpaired) electrons. The first-order chi connectivity index (χ1) is 8.02. The van der Waals surface area contributed by atoms with Crippen LogP contribution in [0.1, 0.15) is 31.1 Å². The van der Waals surface area contributed by atoms with E-state index in [1.807, 2.05) is 20.8 Å². The summed E-state index contributed by atoms with van der Waals surface area (Å²) in [6, 6.07) is 4.59.